The quantitative estimate of drug-likeness (QED) is 0.810. The van der Waals surface area contributed by atoms with Crippen LogP contribution in [0.25, 0.3) is 11.1 Å². The van der Waals surface area contributed by atoms with Crippen molar-refractivity contribution in [3.8, 4) is 11.1 Å². The van der Waals surface area contributed by atoms with E-state index in [-0.39, 0.29) is 5.91 Å². The minimum Gasteiger partial charge on any atom is -0.370 e. The van der Waals surface area contributed by atoms with Crippen molar-refractivity contribution >= 4 is 5.91 Å². The molecule has 4 N–H and O–H groups in total. The van der Waals surface area contributed by atoms with Crippen LogP contribution in [0.4, 0.5) is 0 Å². The Morgan fingerprint density at radius 1 is 1.12 bits per heavy atom. The van der Waals surface area contributed by atoms with E-state index in [1.54, 1.807) is 0 Å². The molecule has 25 heavy (non-hydrogen) atoms. The summed E-state index contributed by atoms with van der Waals surface area (Å²) in [6.07, 6.45) is 1.80. The van der Waals surface area contributed by atoms with Crippen molar-refractivity contribution in [2.24, 2.45) is 17.4 Å². The third-order valence-electron chi connectivity index (χ3n) is 4.46. The van der Waals surface area contributed by atoms with Crippen LogP contribution >= 0.6 is 0 Å². The van der Waals surface area contributed by atoms with Crippen LogP contribution in [0, 0.1) is 19.8 Å². The highest BCUT2D eigenvalue weighted by molar-refractivity contribution is 5.76. The Morgan fingerprint density at radius 3 is 2.28 bits per heavy atom. The maximum absolute atomic E-state index is 11.3. The molecule has 134 valence electrons. The Balaban J connectivity index is 2.69. The van der Waals surface area contributed by atoms with Crippen molar-refractivity contribution in [2.75, 3.05) is 0 Å². The standard InChI is InChI=1S/C21H29N3O/c1-13(2)11-19-18(12-22)21(16-7-5-14(3)6-8-16)17(15(4)24-19)9-10-20(23)25/h5-8,13H,9-12,22H2,1-4H3,(H2,23,25). The molecule has 4 nitrogen and oxygen atoms in total. The summed E-state index contributed by atoms with van der Waals surface area (Å²) in [4.78, 5) is 16.2. The van der Waals surface area contributed by atoms with E-state index in [1.807, 2.05) is 6.92 Å². The van der Waals surface area contributed by atoms with Crippen molar-refractivity contribution in [3.63, 3.8) is 0 Å². The summed E-state index contributed by atoms with van der Waals surface area (Å²) >= 11 is 0. The number of aryl methyl sites for hydroxylation is 2. The summed E-state index contributed by atoms with van der Waals surface area (Å²) in [5, 5.41) is 0. The van der Waals surface area contributed by atoms with E-state index in [0.29, 0.717) is 25.3 Å². The summed E-state index contributed by atoms with van der Waals surface area (Å²) in [5.74, 6) is 0.203. The molecular formula is C21H29N3O. The Hall–Kier alpha value is -2.20. The van der Waals surface area contributed by atoms with Gasteiger partial charge in [-0.1, -0.05) is 43.7 Å². The molecular weight excluding hydrogens is 310 g/mol. The van der Waals surface area contributed by atoms with Gasteiger partial charge in [0.05, 0.1) is 0 Å². The molecule has 1 aromatic heterocycles. The van der Waals surface area contributed by atoms with E-state index >= 15 is 0 Å². The Labute approximate surface area is 150 Å². The Kier molecular flexibility index (Phi) is 6.32. The van der Waals surface area contributed by atoms with Crippen LogP contribution in [0.15, 0.2) is 24.3 Å². The minimum atomic E-state index is -0.296. The van der Waals surface area contributed by atoms with Crippen molar-refractivity contribution < 1.29 is 4.79 Å². The van der Waals surface area contributed by atoms with E-state index < -0.39 is 0 Å². The minimum absolute atomic E-state index is 0.296. The topological polar surface area (TPSA) is 82.0 Å². The molecule has 0 bridgehead atoms. The average molecular weight is 339 g/mol. The largest absolute Gasteiger partial charge is 0.370 e. The van der Waals surface area contributed by atoms with Crippen molar-refractivity contribution in [2.45, 2.75) is 53.5 Å². The number of rotatable bonds is 7. The zero-order valence-corrected chi connectivity index (χ0v) is 15.7. The molecule has 1 heterocycles. The zero-order chi connectivity index (χ0) is 18.6. The Bertz CT molecular complexity index is 749. The lowest BCUT2D eigenvalue weighted by Crippen LogP contribution is -2.16. The molecule has 0 radical (unpaired) electrons. The smallest absolute Gasteiger partial charge is 0.217 e. The highest BCUT2D eigenvalue weighted by atomic mass is 16.1. The molecule has 2 aromatic rings. The lowest BCUT2D eigenvalue weighted by molar-refractivity contribution is -0.117. The van der Waals surface area contributed by atoms with Gasteiger partial charge in [-0.2, -0.15) is 0 Å². The van der Waals surface area contributed by atoms with E-state index in [1.165, 1.54) is 5.56 Å². The van der Waals surface area contributed by atoms with Gasteiger partial charge < -0.3 is 11.5 Å². The number of nitrogens with two attached hydrogens (primary N) is 2. The zero-order valence-electron chi connectivity index (χ0n) is 15.7. The fourth-order valence-electron chi connectivity index (χ4n) is 3.24. The molecule has 0 atom stereocenters. The summed E-state index contributed by atoms with van der Waals surface area (Å²) in [7, 11) is 0. The molecule has 0 aliphatic heterocycles. The van der Waals surface area contributed by atoms with Gasteiger partial charge in [-0.05, 0) is 54.9 Å². The van der Waals surface area contributed by atoms with Crippen molar-refractivity contribution in [1.29, 1.82) is 0 Å². The van der Waals surface area contributed by atoms with Gasteiger partial charge in [0.15, 0.2) is 0 Å². The number of benzene rings is 1. The first-order chi connectivity index (χ1) is 11.8. The lowest BCUT2D eigenvalue weighted by atomic mass is 9.88. The molecule has 0 aliphatic carbocycles. The predicted molar refractivity (Wildman–Crippen MR) is 103 cm³/mol. The normalized spacial score (nSPS) is 11.1. The molecule has 0 spiro atoms. The van der Waals surface area contributed by atoms with Gasteiger partial charge in [0.2, 0.25) is 5.91 Å². The SMILES string of the molecule is Cc1ccc(-c2c(CCC(N)=O)c(C)nc(CC(C)C)c2CN)cc1. The van der Waals surface area contributed by atoms with E-state index in [2.05, 4.69) is 45.0 Å². The second kappa shape index (κ2) is 8.26. The summed E-state index contributed by atoms with van der Waals surface area (Å²) in [6, 6.07) is 8.45. The second-order valence-electron chi connectivity index (χ2n) is 7.11. The van der Waals surface area contributed by atoms with Gasteiger partial charge >= 0.3 is 0 Å². The number of hydrogen-bond donors (Lipinski definition) is 2. The third kappa shape index (κ3) is 4.67. The van der Waals surface area contributed by atoms with E-state index in [0.717, 1.165) is 40.1 Å². The number of primary amides is 1. The van der Waals surface area contributed by atoms with Crippen molar-refractivity contribution in [3.05, 3.63) is 52.3 Å². The molecule has 2 rings (SSSR count). The van der Waals surface area contributed by atoms with Gasteiger partial charge in [-0.15, -0.1) is 0 Å². The number of carbonyl (C=O) groups excluding carboxylic acids is 1. The van der Waals surface area contributed by atoms with Crippen LogP contribution in [0.2, 0.25) is 0 Å². The number of aromatic nitrogens is 1. The maximum Gasteiger partial charge on any atom is 0.217 e. The summed E-state index contributed by atoms with van der Waals surface area (Å²) in [6.45, 7) is 8.89. The molecule has 1 amide bonds. The molecule has 0 fully saturated rings. The lowest BCUT2D eigenvalue weighted by Gasteiger charge is -2.21. The second-order valence-corrected chi connectivity index (χ2v) is 7.11. The van der Waals surface area contributed by atoms with Crippen LogP contribution in [0.5, 0.6) is 0 Å². The first-order valence-corrected chi connectivity index (χ1v) is 8.90. The van der Waals surface area contributed by atoms with Gasteiger partial charge in [-0.25, -0.2) is 0 Å². The van der Waals surface area contributed by atoms with Crippen LogP contribution < -0.4 is 11.5 Å². The van der Waals surface area contributed by atoms with Gasteiger partial charge in [0, 0.05) is 24.4 Å². The van der Waals surface area contributed by atoms with Gasteiger partial charge in [-0.3, -0.25) is 9.78 Å². The molecule has 0 aliphatic rings. The fraction of sp³-hybridized carbons (Fsp3) is 0.429. The van der Waals surface area contributed by atoms with Gasteiger partial charge in [0.1, 0.15) is 0 Å². The first-order valence-electron chi connectivity index (χ1n) is 8.90. The average Bonchev–Trinajstić information content (AvgIpc) is 2.53. The third-order valence-corrected chi connectivity index (χ3v) is 4.46. The number of hydrogen-bond acceptors (Lipinski definition) is 3. The highest BCUT2D eigenvalue weighted by Gasteiger charge is 2.19. The number of nitrogens with zero attached hydrogens (tertiary/aromatic N) is 1. The van der Waals surface area contributed by atoms with E-state index in [4.69, 9.17) is 16.5 Å². The number of carbonyl (C=O) groups is 1. The Morgan fingerprint density at radius 2 is 1.76 bits per heavy atom. The molecule has 0 saturated heterocycles. The number of amides is 1. The fourth-order valence-corrected chi connectivity index (χ4v) is 3.24. The van der Waals surface area contributed by atoms with Crippen LogP contribution in [0.3, 0.4) is 0 Å². The maximum atomic E-state index is 11.3. The van der Waals surface area contributed by atoms with Crippen molar-refractivity contribution in [1.82, 2.24) is 4.98 Å². The molecule has 4 heteroatoms. The first kappa shape index (κ1) is 19.1. The van der Waals surface area contributed by atoms with E-state index in [9.17, 15) is 4.79 Å². The van der Waals surface area contributed by atoms with Crippen LogP contribution in [-0.4, -0.2) is 10.9 Å². The summed E-state index contributed by atoms with van der Waals surface area (Å²) in [5.41, 5.74) is 19.2. The predicted octanol–water partition coefficient (Wildman–Crippen LogP) is 3.44. The van der Waals surface area contributed by atoms with Crippen LogP contribution in [0.1, 0.15) is 48.3 Å². The summed E-state index contributed by atoms with van der Waals surface area (Å²) < 4.78 is 0. The van der Waals surface area contributed by atoms with Crippen LogP contribution in [-0.2, 0) is 24.2 Å². The molecule has 1 aromatic carbocycles. The number of pyridine rings is 1. The monoisotopic (exact) mass is 339 g/mol. The van der Waals surface area contributed by atoms with Gasteiger partial charge in [0.25, 0.3) is 0 Å². The molecule has 0 unspecified atom stereocenters. The molecule has 0 saturated carbocycles. The highest BCUT2D eigenvalue weighted by Crippen LogP contribution is 2.33.